The molecule has 1 saturated carbocycles. The van der Waals surface area contributed by atoms with Crippen LogP contribution in [0.15, 0.2) is 15.2 Å². The second-order valence-corrected chi connectivity index (χ2v) is 9.16. The normalized spacial score (nSPS) is 30.2. The number of hydrogen-bond acceptors (Lipinski definition) is 3. The van der Waals surface area contributed by atoms with Crippen LogP contribution in [-0.4, -0.2) is 24.0 Å². The molecule has 0 bridgehead atoms. The third-order valence-electron chi connectivity index (χ3n) is 4.72. The lowest BCUT2D eigenvalue weighted by Gasteiger charge is -2.42. The van der Waals surface area contributed by atoms with Crippen LogP contribution in [0.4, 0.5) is 0 Å². The van der Waals surface area contributed by atoms with Crippen molar-refractivity contribution in [3.63, 3.8) is 0 Å². The van der Waals surface area contributed by atoms with Crippen molar-refractivity contribution in [1.82, 2.24) is 4.90 Å². The van der Waals surface area contributed by atoms with Crippen molar-refractivity contribution in [2.24, 2.45) is 17.1 Å². The summed E-state index contributed by atoms with van der Waals surface area (Å²) in [5.41, 5.74) is 8.13. The van der Waals surface area contributed by atoms with Crippen LogP contribution in [0.2, 0.25) is 0 Å². The minimum atomic E-state index is 0.151. The summed E-state index contributed by atoms with van der Waals surface area (Å²) in [6.07, 6.45) is 2.46. The zero-order valence-electron chi connectivity index (χ0n) is 12.4. The number of nitrogens with zero attached hydrogens (tertiary/aromatic N) is 1. The minimum absolute atomic E-state index is 0.151. The molecule has 0 saturated heterocycles. The summed E-state index contributed by atoms with van der Waals surface area (Å²) in [5, 5.41) is 2.23. The lowest BCUT2D eigenvalue weighted by Crippen LogP contribution is -2.53. The molecule has 19 heavy (non-hydrogen) atoms. The van der Waals surface area contributed by atoms with E-state index in [1.54, 1.807) is 11.3 Å². The van der Waals surface area contributed by atoms with E-state index >= 15 is 0 Å². The highest BCUT2D eigenvalue weighted by Gasteiger charge is 2.49. The molecule has 2 atom stereocenters. The van der Waals surface area contributed by atoms with Gasteiger partial charge in [0.1, 0.15) is 0 Å². The Kier molecular flexibility index (Phi) is 4.46. The highest BCUT2D eigenvalue weighted by Crippen LogP contribution is 2.49. The highest BCUT2D eigenvalue weighted by molar-refractivity contribution is 9.11. The van der Waals surface area contributed by atoms with E-state index in [9.17, 15) is 0 Å². The van der Waals surface area contributed by atoms with E-state index in [0.29, 0.717) is 11.3 Å². The van der Waals surface area contributed by atoms with Gasteiger partial charge in [-0.2, -0.15) is 0 Å². The lowest BCUT2D eigenvalue weighted by molar-refractivity contribution is 0.0787. The number of nitrogens with two attached hydrogens (primary N) is 1. The Morgan fingerprint density at radius 1 is 1.53 bits per heavy atom. The smallest absolute Gasteiger partial charge is 0.0701 e. The Labute approximate surface area is 129 Å². The molecule has 1 fully saturated rings. The molecule has 0 aliphatic heterocycles. The van der Waals surface area contributed by atoms with Crippen molar-refractivity contribution in [2.45, 2.75) is 45.7 Å². The van der Waals surface area contributed by atoms with Gasteiger partial charge in [0.2, 0.25) is 0 Å². The molecule has 0 spiro atoms. The molecule has 1 aromatic heterocycles. The molecule has 1 aliphatic carbocycles. The number of hydrogen-bond donors (Lipinski definition) is 1. The molecule has 0 amide bonds. The first-order chi connectivity index (χ1) is 8.79. The number of rotatable bonds is 4. The quantitative estimate of drug-likeness (QED) is 0.890. The Morgan fingerprint density at radius 3 is 2.63 bits per heavy atom. The first kappa shape index (κ1) is 15.5. The van der Waals surface area contributed by atoms with E-state index < -0.39 is 0 Å². The van der Waals surface area contributed by atoms with Gasteiger partial charge in [-0.15, -0.1) is 11.3 Å². The van der Waals surface area contributed by atoms with E-state index in [2.05, 4.69) is 60.1 Å². The molecule has 2 N–H and O–H groups in total. The Balaban J connectivity index is 2.17. The third-order valence-corrected chi connectivity index (χ3v) is 6.27. The predicted octanol–water partition coefficient (Wildman–Crippen LogP) is 4.10. The van der Waals surface area contributed by atoms with Gasteiger partial charge in [0.15, 0.2) is 0 Å². The van der Waals surface area contributed by atoms with Crippen molar-refractivity contribution < 1.29 is 0 Å². The second kappa shape index (κ2) is 5.47. The van der Waals surface area contributed by atoms with Crippen molar-refractivity contribution in [3.8, 4) is 0 Å². The highest BCUT2D eigenvalue weighted by atomic mass is 79.9. The number of thiophene rings is 1. The summed E-state index contributed by atoms with van der Waals surface area (Å²) in [4.78, 5) is 2.49. The van der Waals surface area contributed by atoms with E-state index in [-0.39, 0.29) is 5.54 Å². The topological polar surface area (TPSA) is 29.3 Å². The Bertz CT molecular complexity index is 443. The van der Waals surface area contributed by atoms with Gasteiger partial charge >= 0.3 is 0 Å². The van der Waals surface area contributed by atoms with Gasteiger partial charge in [-0.05, 0) is 64.2 Å². The largest absolute Gasteiger partial charge is 0.329 e. The lowest BCUT2D eigenvalue weighted by atomic mass is 9.84. The van der Waals surface area contributed by atoms with Gasteiger partial charge in [-0.3, -0.25) is 4.90 Å². The van der Waals surface area contributed by atoms with Crippen LogP contribution >= 0.6 is 27.3 Å². The van der Waals surface area contributed by atoms with Gasteiger partial charge in [0.05, 0.1) is 3.79 Å². The minimum Gasteiger partial charge on any atom is -0.329 e. The van der Waals surface area contributed by atoms with Gasteiger partial charge < -0.3 is 5.73 Å². The summed E-state index contributed by atoms with van der Waals surface area (Å²) < 4.78 is 1.21. The van der Waals surface area contributed by atoms with Crippen molar-refractivity contribution in [1.29, 1.82) is 0 Å². The average molecular weight is 345 g/mol. The number of halogens is 1. The van der Waals surface area contributed by atoms with E-state index in [1.165, 1.54) is 22.2 Å². The maximum atomic E-state index is 6.19. The van der Waals surface area contributed by atoms with Crippen LogP contribution in [0.25, 0.3) is 0 Å². The van der Waals surface area contributed by atoms with Gasteiger partial charge in [-0.25, -0.2) is 0 Å². The van der Waals surface area contributed by atoms with Crippen LogP contribution < -0.4 is 5.73 Å². The molecule has 2 rings (SSSR count). The van der Waals surface area contributed by atoms with Crippen molar-refractivity contribution >= 4 is 27.3 Å². The Morgan fingerprint density at radius 2 is 2.21 bits per heavy atom. The standard InChI is InChI=1S/C15H25BrN2S/c1-11-6-14(2,3)9-15(11,10-17)18(4)7-12-5-13(16)19-8-12/h5,8,11H,6-7,9-10,17H2,1-4H3. The van der Waals surface area contributed by atoms with Gasteiger partial charge in [0.25, 0.3) is 0 Å². The fraction of sp³-hybridized carbons (Fsp3) is 0.733. The summed E-state index contributed by atoms with van der Waals surface area (Å²) in [6, 6.07) is 2.22. The molecule has 2 nitrogen and oxygen atoms in total. The van der Waals surface area contributed by atoms with E-state index in [4.69, 9.17) is 5.73 Å². The molecule has 1 heterocycles. The zero-order valence-corrected chi connectivity index (χ0v) is 14.8. The molecular weight excluding hydrogens is 320 g/mol. The SMILES string of the molecule is CC1CC(C)(C)CC1(CN)N(C)Cc1csc(Br)c1. The maximum absolute atomic E-state index is 6.19. The Hall–Kier alpha value is 0.100. The van der Waals surface area contributed by atoms with E-state index in [0.717, 1.165) is 13.1 Å². The molecular formula is C15H25BrN2S. The van der Waals surface area contributed by atoms with Crippen LogP contribution in [0, 0.1) is 11.3 Å². The number of likely N-dealkylation sites (N-methyl/N-ethyl adjacent to an activating group) is 1. The summed E-state index contributed by atoms with van der Waals surface area (Å²) in [5.74, 6) is 0.652. The molecule has 0 aromatic carbocycles. The van der Waals surface area contributed by atoms with Crippen molar-refractivity contribution in [3.05, 3.63) is 20.8 Å². The van der Waals surface area contributed by atoms with Crippen LogP contribution in [0.5, 0.6) is 0 Å². The van der Waals surface area contributed by atoms with Gasteiger partial charge in [-0.1, -0.05) is 20.8 Å². The third kappa shape index (κ3) is 3.07. The van der Waals surface area contributed by atoms with E-state index in [1.807, 2.05) is 0 Å². The molecule has 2 unspecified atom stereocenters. The van der Waals surface area contributed by atoms with Crippen LogP contribution in [0.1, 0.15) is 39.2 Å². The fourth-order valence-electron chi connectivity index (χ4n) is 3.89. The summed E-state index contributed by atoms with van der Waals surface area (Å²) in [6.45, 7) is 8.84. The zero-order chi connectivity index (χ0) is 14.3. The molecule has 0 radical (unpaired) electrons. The second-order valence-electron chi connectivity index (χ2n) is 6.87. The molecule has 4 heteroatoms. The molecule has 108 valence electrons. The predicted molar refractivity (Wildman–Crippen MR) is 87.5 cm³/mol. The molecule has 1 aliphatic rings. The van der Waals surface area contributed by atoms with Gasteiger partial charge in [0, 0.05) is 18.6 Å². The fourth-order valence-corrected chi connectivity index (χ4v) is 5.09. The van der Waals surface area contributed by atoms with Crippen LogP contribution in [-0.2, 0) is 6.54 Å². The molecule has 1 aromatic rings. The monoisotopic (exact) mass is 344 g/mol. The summed E-state index contributed by atoms with van der Waals surface area (Å²) in [7, 11) is 2.23. The maximum Gasteiger partial charge on any atom is 0.0701 e. The summed E-state index contributed by atoms with van der Waals surface area (Å²) >= 11 is 5.30. The van der Waals surface area contributed by atoms with Crippen molar-refractivity contribution in [2.75, 3.05) is 13.6 Å². The van der Waals surface area contributed by atoms with Crippen LogP contribution in [0.3, 0.4) is 0 Å². The first-order valence-corrected chi connectivity index (χ1v) is 8.60. The first-order valence-electron chi connectivity index (χ1n) is 6.93. The average Bonchev–Trinajstić information content (AvgIpc) is 2.80.